The van der Waals surface area contributed by atoms with Crippen LogP contribution in [0.25, 0.3) is 6.08 Å². The van der Waals surface area contributed by atoms with Crippen molar-refractivity contribution in [3.05, 3.63) is 91.4 Å². The van der Waals surface area contributed by atoms with Crippen LogP contribution in [0.4, 0.5) is 21.9 Å². The number of nitrogens with one attached hydrogen (secondary N) is 2. The van der Waals surface area contributed by atoms with E-state index in [4.69, 9.17) is 9.47 Å². The lowest BCUT2D eigenvalue weighted by atomic mass is 10.1. The molecule has 3 aromatic carbocycles. The molecular formula is C28H23BrN4O8. The number of nitro benzene ring substituents is 1. The number of aryl methyl sites for hydroxylation is 2. The van der Waals surface area contributed by atoms with Crippen molar-refractivity contribution in [3.63, 3.8) is 0 Å². The molecule has 1 aliphatic rings. The third-order valence-corrected chi connectivity index (χ3v) is 6.59. The van der Waals surface area contributed by atoms with Crippen molar-refractivity contribution in [2.75, 3.05) is 23.9 Å². The maximum Gasteiger partial charge on any atom is 0.335 e. The van der Waals surface area contributed by atoms with Gasteiger partial charge < -0.3 is 14.8 Å². The van der Waals surface area contributed by atoms with Gasteiger partial charge in [-0.25, -0.2) is 9.69 Å². The molecule has 0 unspecified atom stereocenters. The van der Waals surface area contributed by atoms with E-state index < -0.39 is 22.8 Å². The second kappa shape index (κ2) is 12.0. The maximum atomic E-state index is 13.2. The van der Waals surface area contributed by atoms with Crippen molar-refractivity contribution >= 4 is 62.8 Å². The van der Waals surface area contributed by atoms with Crippen molar-refractivity contribution in [2.24, 2.45) is 0 Å². The Morgan fingerprint density at radius 2 is 1.80 bits per heavy atom. The van der Waals surface area contributed by atoms with Crippen LogP contribution >= 0.6 is 15.9 Å². The number of hydrogen-bond donors (Lipinski definition) is 2. The first-order chi connectivity index (χ1) is 19.5. The quantitative estimate of drug-likeness (QED) is 0.159. The number of carbonyl (C=O) groups excluding carboxylic acids is 4. The van der Waals surface area contributed by atoms with Crippen LogP contribution in [0.15, 0.2) is 64.6 Å². The van der Waals surface area contributed by atoms with E-state index in [0.29, 0.717) is 20.6 Å². The molecule has 0 bridgehead atoms. The minimum atomic E-state index is -0.993. The molecule has 0 radical (unpaired) electrons. The number of hydrogen-bond acceptors (Lipinski definition) is 8. The molecular weight excluding hydrogens is 600 g/mol. The minimum Gasteiger partial charge on any atom is -0.493 e. The number of amides is 5. The molecule has 210 valence electrons. The molecule has 41 heavy (non-hydrogen) atoms. The van der Waals surface area contributed by atoms with Crippen molar-refractivity contribution in [1.29, 1.82) is 0 Å². The fourth-order valence-corrected chi connectivity index (χ4v) is 4.51. The van der Waals surface area contributed by atoms with Crippen LogP contribution in [0.1, 0.15) is 16.7 Å². The van der Waals surface area contributed by atoms with E-state index >= 15 is 0 Å². The Morgan fingerprint density at radius 1 is 1.10 bits per heavy atom. The SMILES string of the molecule is COc1cc(/C=C2/C(=O)NC(=O)N(c3ccc([N+](=O)[O-])cc3)C2=O)cc(Br)c1OCC(=O)Nc1cc(C)ccc1C. The van der Waals surface area contributed by atoms with Gasteiger partial charge in [0.25, 0.3) is 23.4 Å². The van der Waals surface area contributed by atoms with E-state index in [2.05, 4.69) is 26.6 Å². The number of anilines is 2. The summed E-state index contributed by atoms with van der Waals surface area (Å²) in [7, 11) is 1.38. The largest absolute Gasteiger partial charge is 0.493 e. The third kappa shape index (κ3) is 6.41. The fourth-order valence-electron chi connectivity index (χ4n) is 3.94. The average Bonchev–Trinajstić information content (AvgIpc) is 2.92. The highest BCUT2D eigenvalue weighted by molar-refractivity contribution is 9.10. The Hall–Kier alpha value is -5.04. The van der Waals surface area contributed by atoms with Crippen molar-refractivity contribution < 1.29 is 33.6 Å². The van der Waals surface area contributed by atoms with Crippen molar-refractivity contribution in [3.8, 4) is 11.5 Å². The number of non-ortho nitro benzene ring substituents is 1. The number of benzene rings is 3. The number of carbonyl (C=O) groups is 4. The van der Waals surface area contributed by atoms with Gasteiger partial charge in [0, 0.05) is 17.8 Å². The first kappa shape index (κ1) is 29.0. The zero-order valence-corrected chi connectivity index (χ0v) is 23.6. The molecule has 13 heteroatoms. The zero-order valence-electron chi connectivity index (χ0n) is 22.0. The summed E-state index contributed by atoms with van der Waals surface area (Å²) in [5, 5.41) is 15.8. The first-order valence-corrected chi connectivity index (χ1v) is 12.8. The van der Waals surface area contributed by atoms with Gasteiger partial charge in [-0.3, -0.25) is 29.8 Å². The summed E-state index contributed by atoms with van der Waals surface area (Å²) in [5.74, 6) is -1.81. The van der Waals surface area contributed by atoms with E-state index in [1.807, 2.05) is 32.0 Å². The summed E-state index contributed by atoms with van der Waals surface area (Å²) in [4.78, 5) is 61.8. The second-order valence-electron chi connectivity index (χ2n) is 8.92. The molecule has 3 aromatic rings. The summed E-state index contributed by atoms with van der Waals surface area (Å²) in [6.45, 7) is 3.47. The van der Waals surface area contributed by atoms with Gasteiger partial charge in [-0.15, -0.1) is 0 Å². The summed E-state index contributed by atoms with van der Waals surface area (Å²) in [5.41, 5.74) is 2.35. The topological polar surface area (TPSA) is 157 Å². The molecule has 5 amide bonds. The number of imide groups is 2. The van der Waals surface area contributed by atoms with Gasteiger partial charge in [-0.05, 0) is 82.9 Å². The number of ether oxygens (including phenoxy) is 2. The Kier molecular flexibility index (Phi) is 8.48. The molecule has 1 heterocycles. The van der Waals surface area contributed by atoms with Crippen molar-refractivity contribution in [2.45, 2.75) is 13.8 Å². The number of urea groups is 1. The summed E-state index contributed by atoms with van der Waals surface area (Å²) >= 11 is 3.38. The van der Waals surface area contributed by atoms with Gasteiger partial charge in [0.1, 0.15) is 5.57 Å². The number of nitro groups is 1. The highest BCUT2D eigenvalue weighted by atomic mass is 79.9. The normalized spacial score (nSPS) is 14.1. The van der Waals surface area contributed by atoms with Crippen LogP contribution in [0.5, 0.6) is 11.5 Å². The molecule has 1 fully saturated rings. The number of nitrogens with zero attached hydrogens (tertiary/aromatic N) is 2. The molecule has 0 atom stereocenters. The number of rotatable bonds is 8. The summed E-state index contributed by atoms with van der Waals surface area (Å²) < 4.78 is 11.5. The zero-order chi connectivity index (χ0) is 29.8. The van der Waals surface area contributed by atoms with Crippen molar-refractivity contribution in [1.82, 2.24) is 5.32 Å². The van der Waals surface area contributed by atoms with Crippen LogP contribution in [0.3, 0.4) is 0 Å². The number of methoxy groups -OCH3 is 1. The Balaban J connectivity index is 1.56. The van der Waals surface area contributed by atoms with E-state index in [9.17, 15) is 29.3 Å². The Labute approximate surface area is 242 Å². The van der Waals surface area contributed by atoms with E-state index in [1.165, 1.54) is 31.4 Å². The summed E-state index contributed by atoms with van der Waals surface area (Å²) in [6.07, 6.45) is 1.26. The standard InChI is InChI=1S/C28H23BrN4O8/c1-15-4-5-16(2)22(10-15)30-24(34)14-41-25-21(29)12-17(13-23(25)40-3)11-20-26(35)31-28(37)32(27(20)36)18-6-8-19(9-7-18)33(38)39/h4-13H,14H2,1-3H3,(H,30,34)(H,31,35,37)/b20-11-. The lowest BCUT2D eigenvalue weighted by Gasteiger charge is -2.26. The molecule has 1 aliphatic heterocycles. The monoisotopic (exact) mass is 622 g/mol. The Bertz CT molecular complexity index is 1620. The summed E-state index contributed by atoms with van der Waals surface area (Å²) in [6, 6.07) is 12.5. The fraction of sp³-hybridized carbons (Fsp3) is 0.143. The van der Waals surface area contributed by atoms with Crippen LogP contribution in [0.2, 0.25) is 0 Å². The van der Waals surface area contributed by atoms with Gasteiger partial charge >= 0.3 is 6.03 Å². The second-order valence-corrected chi connectivity index (χ2v) is 9.78. The molecule has 0 aromatic heterocycles. The number of halogens is 1. The molecule has 0 aliphatic carbocycles. The van der Waals surface area contributed by atoms with Gasteiger partial charge in [-0.1, -0.05) is 12.1 Å². The lowest BCUT2D eigenvalue weighted by molar-refractivity contribution is -0.384. The maximum absolute atomic E-state index is 13.2. The molecule has 1 saturated heterocycles. The minimum absolute atomic E-state index is 0.0399. The third-order valence-electron chi connectivity index (χ3n) is 6.00. The van der Waals surface area contributed by atoms with E-state index in [-0.39, 0.29) is 41.0 Å². The molecule has 12 nitrogen and oxygen atoms in total. The van der Waals surface area contributed by atoms with E-state index in [1.54, 1.807) is 6.07 Å². The van der Waals surface area contributed by atoms with Gasteiger partial charge in [0.15, 0.2) is 18.1 Å². The first-order valence-electron chi connectivity index (χ1n) is 12.0. The van der Waals surface area contributed by atoms with E-state index in [0.717, 1.165) is 23.3 Å². The van der Waals surface area contributed by atoms with Crippen LogP contribution in [0, 0.1) is 24.0 Å². The van der Waals surface area contributed by atoms with Gasteiger partial charge in [-0.2, -0.15) is 0 Å². The predicted octanol–water partition coefficient (Wildman–Crippen LogP) is 4.67. The molecule has 0 spiro atoms. The average molecular weight is 623 g/mol. The van der Waals surface area contributed by atoms with Crippen LogP contribution in [-0.2, 0) is 14.4 Å². The molecule has 4 rings (SSSR count). The predicted molar refractivity (Wildman–Crippen MR) is 153 cm³/mol. The molecule has 0 saturated carbocycles. The van der Waals surface area contributed by atoms with Crippen LogP contribution < -0.4 is 25.0 Å². The smallest absolute Gasteiger partial charge is 0.335 e. The lowest BCUT2D eigenvalue weighted by Crippen LogP contribution is -2.54. The van der Waals surface area contributed by atoms with Gasteiger partial charge in [0.2, 0.25) is 0 Å². The number of barbiturate groups is 1. The Morgan fingerprint density at radius 3 is 2.46 bits per heavy atom. The highest BCUT2D eigenvalue weighted by Crippen LogP contribution is 2.37. The van der Waals surface area contributed by atoms with Crippen LogP contribution in [-0.4, -0.2) is 42.4 Å². The highest BCUT2D eigenvalue weighted by Gasteiger charge is 2.37. The van der Waals surface area contributed by atoms with Gasteiger partial charge in [0.05, 0.1) is 22.2 Å². The molecule has 2 N–H and O–H groups in total.